The van der Waals surface area contributed by atoms with E-state index in [1.807, 2.05) is 31.3 Å². The zero-order valence-electron chi connectivity index (χ0n) is 16.6. The first kappa shape index (κ1) is 20.4. The summed E-state index contributed by atoms with van der Waals surface area (Å²) in [5, 5.41) is 10.3. The molecule has 4 nitrogen and oxygen atoms in total. The average Bonchev–Trinajstić information content (AvgIpc) is 3.16. The minimum atomic E-state index is 0.792. The number of hydrogen-bond acceptors (Lipinski definition) is 3. The van der Waals surface area contributed by atoms with Crippen molar-refractivity contribution < 1.29 is 0 Å². The quantitative estimate of drug-likeness (QED) is 0.559. The van der Waals surface area contributed by atoms with Crippen molar-refractivity contribution in [3.05, 3.63) is 84.0 Å². The maximum Gasteiger partial charge on any atom is 0.0833 e. The first-order valence-electron chi connectivity index (χ1n) is 9.48. The summed E-state index contributed by atoms with van der Waals surface area (Å²) < 4.78 is 0. The molecule has 0 spiro atoms. The molecule has 2 aromatic heterocycles. The van der Waals surface area contributed by atoms with Crippen LogP contribution in [0.5, 0.6) is 0 Å². The molecule has 0 bridgehead atoms. The minimum absolute atomic E-state index is 0.792. The Kier molecular flexibility index (Phi) is 8.30. The number of nitrogens with one attached hydrogen (secondary N) is 2. The van der Waals surface area contributed by atoms with Gasteiger partial charge in [-0.3, -0.25) is 10.1 Å². The largest absolute Gasteiger partial charge is 0.378 e. The number of aromatic nitrogens is 3. The zero-order valence-corrected chi connectivity index (χ0v) is 16.6. The van der Waals surface area contributed by atoms with Crippen molar-refractivity contribution in [2.24, 2.45) is 0 Å². The van der Waals surface area contributed by atoms with Crippen LogP contribution in [-0.4, -0.2) is 15.2 Å². The Labute approximate surface area is 162 Å². The average molecular weight is 363 g/mol. The van der Waals surface area contributed by atoms with Gasteiger partial charge < -0.3 is 5.32 Å². The van der Waals surface area contributed by atoms with Gasteiger partial charge >= 0.3 is 0 Å². The molecule has 2 N–H and O–H groups in total. The fourth-order valence-corrected chi connectivity index (χ4v) is 2.54. The number of nitrogens with zero attached hydrogens (tertiary/aromatic N) is 2. The van der Waals surface area contributed by atoms with Crippen molar-refractivity contribution in [2.75, 3.05) is 5.32 Å². The Morgan fingerprint density at radius 1 is 1.11 bits per heavy atom. The third-order valence-corrected chi connectivity index (χ3v) is 4.15. The summed E-state index contributed by atoms with van der Waals surface area (Å²) in [5.41, 5.74) is 6.65. The molecule has 3 rings (SSSR count). The number of aromatic amines is 1. The number of allylic oxidation sites excluding steroid dienone is 1. The van der Waals surface area contributed by atoms with E-state index < -0.39 is 0 Å². The molecule has 0 aliphatic carbocycles. The van der Waals surface area contributed by atoms with Crippen LogP contribution < -0.4 is 5.32 Å². The monoisotopic (exact) mass is 362 g/mol. The second kappa shape index (κ2) is 11.0. The number of anilines is 1. The first-order chi connectivity index (χ1) is 13.1. The molecule has 0 aliphatic heterocycles. The van der Waals surface area contributed by atoms with Gasteiger partial charge in [-0.2, -0.15) is 5.10 Å². The fourth-order valence-electron chi connectivity index (χ4n) is 2.54. The predicted octanol–water partition coefficient (Wildman–Crippen LogP) is 5.79. The fraction of sp³-hybridized carbons (Fsp3) is 0.304. The Morgan fingerprint density at radius 3 is 2.52 bits per heavy atom. The van der Waals surface area contributed by atoms with Crippen LogP contribution in [-0.2, 0) is 13.0 Å². The van der Waals surface area contributed by atoms with E-state index in [0.717, 1.165) is 29.9 Å². The maximum absolute atomic E-state index is 4.32. The van der Waals surface area contributed by atoms with Crippen LogP contribution in [0.15, 0.2) is 61.4 Å². The van der Waals surface area contributed by atoms with Gasteiger partial charge in [0, 0.05) is 18.4 Å². The standard InChI is InChI=1S/C13H15N3.C10H15N/c1-10(2)13-12(9-15-16-13)14-8-11-6-4-3-5-7-11;1-3-4-5-10-7-6-9(2)8-11-10/h3-7,9,14H,1,8H2,2H3,(H,15,16);6-8H,3-5H2,1-2H3. The van der Waals surface area contributed by atoms with Gasteiger partial charge in [0.15, 0.2) is 0 Å². The van der Waals surface area contributed by atoms with Crippen LogP contribution in [0.4, 0.5) is 5.69 Å². The lowest BCUT2D eigenvalue weighted by molar-refractivity contribution is 0.776. The number of pyridine rings is 1. The topological polar surface area (TPSA) is 53.6 Å². The lowest BCUT2D eigenvalue weighted by atomic mass is 10.2. The van der Waals surface area contributed by atoms with Crippen LogP contribution in [0, 0.1) is 6.92 Å². The molecule has 0 saturated heterocycles. The maximum atomic E-state index is 4.32. The number of rotatable bonds is 7. The van der Waals surface area contributed by atoms with Crippen molar-refractivity contribution in [1.29, 1.82) is 0 Å². The Morgan fingerprint density at radius 2 is 1.89 bits per heavy atom. The van der Waals surface area contributed by atoms with Gasteiger partial charge in [0.05, 0.1) is 17.6 Å². The molecule has 2 heterocycles. The summed E-state index contributed by atoms with van der Waals surface area (Å²) in [4.78, 5) is 4.32. The van der Waals surface area contributed by atoms with Gasteiger partial charge in [0.1, 0.15) is 0 Å². The minimum Gasteiger partial charge on any atom is -0.378 e. The van der Waals surface area contributed by atoms with Crippen molar-refractivity contribution in [3.8, 4) is 0 Å². The van der Waals surface area contributed by atoms with E-state index >= 15 is 0 Å². The molecule has 0 atom stereocenters. The highest BCUT2D eigenvalue weighted by atomic mass is 15.1. The molecule has 0 amide bonds. The van der Waals surface area contributed by atoms with Gasteiger partial charge in [-0.25, -0.2) is 0 Å². The number of H-pyrrole nitrogens is 1. The molecule has 0 fully saturated rings. The molecule has 0 aliphatic rings. The summed E-state index contributed by atoms with van der Waals surface area (Å²) in [6, 6.07) is 14.5. The number of benzene rings is 1. The molecule has 27 heavy (non-hydrogen) atoms. The number of aryl methyl sites for hydroxylation is 2. The second-order valence-electron chi connectivity index (χ2n) is 6.71. The SMILES string of the molecule is C=C(C)c1[nH]ncc1NCc1ccccc1.CCCCc1ccc(C)cn1. The Hall–Kier alpha value is -2.88. The third-order valence-electron chi connectivity index (χ3n) is 4.15. The lowest BCUT2D eigenvalue weighted by Gasteiger charge is -2.06. The van der Waals surface area contributed by atoms with Crippen molar-refractivity contribution >= 4 is 11.3 Å². The molecule has 4 heteroatoms. The molecule has 0 radical (unpaired) electrons. The van der Waals surface area contributed by atoms with E-state index in [-0.39, 0.29) is 0 Å². The number of hydrogen-bond donors (Lipinski definition) is 2. The Bertz CT molecular complexity index is 804. The molecule has 142 valence electrons. The highest BCUT2D eigenvalue weighted by molar-refractivity contribution is 5.70. The van der Waals surface area contributed by atoms with Gasteiger partial charge in [-0.1, -0.05) is 56.3 Å². The highest BCUT2D eigenvalue weighted by Gasteiger charge is 2.04. The van der Waals surface area contributed by atoms with Gasteiger partial charge in [0.25, 0.3) is 0 Å². The summed E-state index contributed by atoms with van der Waals surface area (Å²) >= 11 is 0. The van der Waals surface area contributed by atoms with E-state index in [1.54, 1.807) is 6.20 Å². The molecule has 3 aromatic rings. The summed E-state index contributed by atoms with van der Waals surface area (Å²) in [7, 11) is 0. The van der Waals surface area contributed by atoms with Crippen molar-refractivity contribution in [2.45, 2.75) is 46.6 Å². The predicted molar refractivity (Wildman–Crippen MR) is 115 cm³/mol. The molecule has 0 unspecified atom stereocenters. The number of unbranched alkanes of at least 4 members (excludes halogenated alkanes) is 1. The van der Waals surface area contributed by atoms with E-state index in [9.17, 15) is 0 Å². The van der Waals surface area contributed by atoms with Crippen LogP contribution in [0.3, 0.4) is 0 Å². The van der Waals surface area contributed by atoms with Crippen LogP contribution in [0.2, 0.25) is 0 Å². The molecule has 1 aromatic carbocycles. The van der Waals surface area contributed by atoms with Crippen LogP contribution in [0.25, 0.3) is 5.57 Å². The third kappa shape index (κ3) is 7.10. The molecule has 0 saturated carbocycles. The lowest BCUT2D eigenvalue weighted by Crippen LogP contribution is -2.00. The zero-order chi connectivity index (χ0) is 19.5. The highest BCUT2D eigenvalue weighted by Crippen LogP contribution is 2.19. The summed E-state index contributed by atoms with van der Waals surface area (Å²) in [5.74, 6) is 0. The second-order valence-corrected chi connectivity index (χ2v) is 6.71. The van der Waals surface area contributed by atoms with Gasteiger partial charge in [0.2, 0.25) is 0 Å². The summed E-state index contributed by atoms with van der Waals surface area (Å²) in [6.07, 6.45) is 7.33. The molecular weight excluding hydrogens is 332 g/mol. The molecular formula is C23H30N4. The Balaban J connectivity index is 0.000000208. The van der Waals surface area contributed by atoms with E-state index in [4.69, 9.17) is 0 Å². The normalized spacial score (nSPS) is 10.0. The van der Waals surface area contributed by atoms with Crippen LogP contribution >= 0.6 is 0 Å². The van der Waals surface area contributed by atoms with Gasteiger partial charge in [-0.15, -0.1) is 0 Å². The summed E-state index contributed by atoms with van der Waals surface area (Å²) in [6.45, 7) is 10.9. The van der Waals surface area contributed by atoms with E-state index in [0.29, 0.717) is 0 Å². The van der Waals surface area contributed by atoms with Crippen molar-refractivity contribution in [1.82, 2.24) is 15.2 Å². The van der Waals surface area contributed by atoms with Crippen molar-refractivity contribution in [3.63, 3.8) is 0 Å². The van der Waals surface area contributed by atoms with E-state index in [1.165, 1.54) is 29.7 Å². The van der Waals surface area contributed by atoms with E-state index in [2.05, 4.69) is 65.2 Å². The first-order valence-corrected chi connectivity index (χ1v) is 9.48. The smallest absolute Gasteiger partial charge is 0.0833 e. The van der Waals surface area contributed by atoms with Crippen LogP contribution in [0.1, 0.15) is 49.2 Å². The van der Waals surface area contributed by atoms with Gasteiger partial charge in [-0.05, 0) is 49.5 Å².